The van der Waals surface area contributed by atoms with Crippen molar-refractivity contribution in [3.05, 3.63) is 0 Å². The molecule has 2 rings (SSSR count). The van der Waals surface area contributed by atoms with Gasteiger partial charge in [-0.2, -0.15) is 0 Å². The molecule has 2 unspecified atom stereocenters. The molecule has 2 aliphatic rings. The van der Waals surface area contributed by atoms with Crippen LogP contribution in [0.25, 0.3) is 0 Å². The van der Waals surface area contributed by atoms with Crippen LogP contribution >= 0.6 is 0 Å². The SMILES string of the molecule is CC1CC(=O)NCC2CCCN12. The fraction of sp³-hybridized carbons (Fsp3) is 0.889. The molecule has 0 aromatic rings. The second-order valence-corrected chi connectivity index (χ2v) is 3.89. The highest BCUT2D eigenvalue weighted by atomic mass is 16.1. The normalized spacial score (nSPS) is 37.2. The van der Waals surface area contributed by atoms with Crippen molar-refractivity contribution >= 4 is 5.91 Å². The molecule has 0 aromatic heterocycles. The summed E-state index contributed by atoms with van der Waals surface area (Å²) in [7, 11) is 0. The third-order valence-electron chi connectivity index (χ3n) is 3.00. The average Bonchev–Trinajstić information content (AvgIpc) is 2.43. The fourth-order valence-corrected chi connectivity index (χ4v) is 2.35. The zero-order chi connectivity index (χ0) is 8.55. The van der Waals surface area contributed by atoms with E-state index in [-0.39, 0.29) is 5.91 Å². The zero-order valence-corrected chi connectivity index (χ0v) is 7.55. The Balaban J connectivity index is 2.09. The second kappa shape index (κ2) is 3.05. The zero-order valence-electron chi connectivity index (χ0n) is 7.55. The largest absolute Gasteiger partial charge is 0.354 e. The number of nitrogens with zero attached hydrogens (tertiary/aromatic N) is 1. The molecular formula is C9H16N2O. The summed E-state index contributed by atoms with van der Waals surface area (Å²) >= 11 is 0. The van der Waals surface area contributed by atoms with Crippen LogP contribution in [-0.4, -0.2) is 36.0 Å². The summed E-state index contributed by atoms with van der Waals surface area (Å²) < 4.78 is 0. The minimum atomic E-state index is 0.219. The fourth-order valence-electron chi connectivity index (χ4n) is 2.35. The van der Waals surface area contributed by atoms with Gasteiger partial charge in [-0.1, -0.05) is 0 Å². The van der Waals surface area contributed by atoms with Gasteiger partial charge in [0.15, 0.2) is 0 Å². The Morgan fingerprint density at radius 1 is 1.58 bits per heavy atom. The van der Waals surface area contributed by atoms with Crippen LogP contribution in [-0.2, 0) is 4.79 Å². The standard InChI is InChI=1S/C9H16N2O/c1-7-5-9(12)10-6-8-3-2-4-11(7)8/h7-8H,2-6H2,1H3,(H,10,12). The van der Waals surface area contributed by atoms with E-state index in [0.29, 0.717) is 18.5 Å². The third-order valence-corrected chi connectivity index (χ3v) is 3.00. The smallest absolute Gasteiger partial charge is 0.221 e. The number of hydrogen-bond acceptors (Lipinski definition) is 2. The predicted molar refractivity (Wildman–Crippen MR) is 46.8 cm³/mol. The lowest BCUT2D eigenvalue weighted by Crippen LogP contribution is -2.38. The van der Waals surface area contributed by atoms with Crippen LogP contribution in [0.1, 0.15) is 26.2 Å². The van der Waals surface area contributed by atoms with Gasteiger partial charge in [-0.15, -0.1) is 0 Å². The Kier molecular flexibility index (Phi) is 2.05. The molecule has 0 radical (unpaired) electrons. The van der Waals surface area contributed by atoms with Crippen LogP contribution in [0.15, 0.2) is 0 Å². The molecule has 0 aromatic carbocycles. The highest BCUT2D eigenvalue weighted by Crippen LogP contribution is 2.22. The number of carbonyl (C=O) groups excluding carboxylic acids is 1. The molecular weight excluding hydrogens is 152 g/mol. The van der Waals surface area contributed by atoms with Gasteiger partial charge in [0.1, 0.15) is 0 Å². The van der Waals surface area contributed by atoms with Gasteiger partial charge in [-0.3, -0.25) is 9.69 Å². The number of nitrogens with one attached hydrogen (secondary N) is 1. The molecule has 1 N–H and O–H groups in total. The molecule has 12 heavy (non-hydrogen) atoms. The molecule has 2 atom stereocenters. The molecule has 2 fully saturated rings. The Hall–Kier alpha value is -0.570. The average molecular weight is 168 g/mol. The van der Waals surface area contributed by atoms with Crippen LogP contribution < -0.4 is 5.32 Å². The molecule has 0 saturated carbocycles. The maximum atomic E-state index is 11.2. The van der Waals surface area contributed by atoms with Crippen molar-refractivity contribution in [2.24, 2.45) is 0 Å². The van der Waals surface area contributed by atoms with Crippen molar-refractivity contribution in [2.45, 2.75) is 38.3 Å². The van der Waals surface area contributed by atoms with Crippen molar-refractivity contribution in [3.8, 4) is 0 Å². The topological polar surface area (TPSA) is 32.3 Å². The molecule has 1 amide bonds. The monoisotopic (exact) mass is 168 g/mol. The van der Waals surface area contributed by atoms with Gasteiger partial charge >= 0.3 is 0 Å². The van der Waals surface area contributed by atoms with Crippen molar-refractivity contribution in [2.75, 3.05) is 13.1 Å². The summed E-state index contributed by atoms with van der Waals surface area (Å²) in [6.07, 6.45) is 3.23. The molecule has 68 valence electrons. The Morgan fingerprint density at radius 2 is 2.42 bits per heavy atom. The minimum Gasteiger partial charge on any atom is -0.354 e. The van der Waals surface area contributed by atoms with Crippen molar-refractivity contribution in [1.82, 2.24) is 10.2 Å². The Bertz CT molecular complexity index is 193. The summed E-state index contributed by atoms with van der Waals surface area (Å²) in [6.45, 7) is 4.20. The van der Waals surface area contributed by atoms with Gasteiger partial charge in [0.25, 0.3) is 0 Å². The third kappa shape index (κ3) is 1.33. The molecule has 0 bridgehead atoms. The van der Waals surface area contributed by atoms with E-state index in [1.807, 2.05) is 0 Å². The summed E-state index contributed by atoms with van der Waals surface area (Å²) in [6, 6.07) is 1.06. The first-order valence-electron chi connectivity index (χ1n) is 4.80. The van der Waals surface area contributed by atoms with Crippen LogP contribution in [0.2, 0.25) is 0 Å². The molecule has 0 spiro atoms. The second-order valence-electron chi connectivity index (χ2n) is 3.89. The molecule has 3 heteroatoms. The lowest BCUT2D eigenvalue weighted by Gasteiger charge is -2.26. The first-order valence-corrected chi connectivity index (χ1v) is 4.80. The summed E-state index contributed by atoms with van der Waals surface area (Å²) in [5.74, 6) is 0.219. The van der Waals surface area contributed by atoms with Crippen LogP contribution in [0.5, 0.6) is 0 Å². The molecule has 0 aliphatic carbocycles. The van der Waals surface area contributed by atoms with Gasteiger partial charge in [0.2, 0.25) is 5.91 Å². The van der Waals surface area contributed by atoms with E-state index >= 15 is 0 Å². The van der Waals surface area contributed by atoms with Gasteiger partial charge in [-0.05, 0) is 26.3 Å². The van der Waals surface area contributed by atoms with E-state index in [1.165, 1.54) is 19.4 Å². The van der Waals surface area contributed by atoms with E-state index in [9.17, 15) is 4.79 Å². The molecule has 2 saturated heterocycles. The quantitative estimate of drug-likeness (QED) is 0.566. The van der Waals surface area contributed by atoms with Crippen molar-refractivity contribution in [3.63, 3.8) is 0 Å². The molecule has 3 nitrogen and oxygen atoms in total. The van der Waals surface area contributed by atoms with Crippen LogP contribution in [0.3, 0.4) is 0 Å². The number of hydrogen-bond donors (Lipinski definition) is 1. The van der Waals surface area contributed by atoms with E-state index in [4.69, 9.17) is 0 Å². The maximum Gasteiger partial charge on any atom is 0.221 e. The highest BCUT2D eigenvalue weighted by Gasteiger charge is 2.31. The van der Waals surface area contributed by atoms with E-state index in [2.05, 4.69) is 17.1 Å². The van der Waals surface area contributed by atoms with Gasteiger partial charge in [0.05, 0.1) is 0 Å². The van der Waals surface area contributed by atoms with Crippen molar-refractivity contribution in [1.29, 1.82) is 0 Å². The number of carbonyl (C=O) groups is 1. The van der Waals surface area contributed by atoms with Crippen LogP contribution in [0.4, 0.5) is 0 Å². The van der Waals surface area contributed by atoms with Gasteiger partial charge in [-0.25, -0.2) is 0 Å². The summed E-state index contributed by atoms with van der Waals surface area (Å²) in [4.78, 5) is 13.7. The highest BCUT2D eigenvalue weighted by molar-refractivity contribution is 5.76. The maximum absolute atomic E-state index is 11.2. The minimum absolute atomic E-state index is 0.219. The molecule has 2 aliphatic heterocycles. The number of amides is 1. The summed E-state index contributed by atoms with van der Waals surface area (Å²) in [5.41, 5.74) is 0. The lowest BCUT2D eigenvalue weighted by molar-refractivity contribution is -0.121. The molecule has 2 heterocycles. The first kappa shape index (κ1) is 8.05. The van der Waals surface area contributed by atoms with Gasteiger partial charge in [0, 0.05) is 25.0 Å². The number of fused-ring (bicyclic) bond motifs is 1. The first-order chi connectivity index (χ1) is 5.77. The Morgan fingerprint density at radius 3 is 3.25 bits per heavy atom. The lowest BCUT2D eigenvalue weighted by atomic mass is 10.2. The van der Waals surface area contributed by atoms with Gasteiger partial charge < -0.3 is 5.32 Å². The predicted octanol–water partition coefficient (Wildman–Crippen LogP) is 0.359. The van der Waals surface area contributed by atoms with E-state index in [0.717, 1.165) is 6.54 Å². The van der Waals surface area contributed by atoms with Crippen LogP contribution in [0, 0.1) is 0 Å². The Labute approximate surface area is 73.1 Å². The van der Waals surface area contributed by atoms with E-state index in [1.54, 1.807) is 0 Å². The van der Waals surface area contributed by atoms with E-state index < -0.39 is 0 Å². The number of rotatable bonds is 0. The van der Waals surface area contributed by atoms with Crippen molar-refractivity contribution < 1.29 is 4.79 Å². The summed E-state index contributed by atoms with van der Waals surface area (Å²) in [5, 5.41) is 2.97.